The number of hydrazine groups is 1. The zero-order valence-electron chi connectivity index (χ0n) is 19.2. The van der Waals surface area contributed by atoms with Crippen LogP contribution >= 0.6 is 0 Å². The summed E-state index contributed by atoms with van der Waals surface area (Å²) in [6, 6.07) is 9.97. The first-order valence-corrected chi connectivity index (χ1v) is 10.3. The Bertz CT molecular complexity index is 1110. The molecule has 10 nitrogen and oxygen atoms in total. The lowest BCUT2D eigenvalue weighted by Crippen LogP contribution is -2.54. The predicted molar refractivity (Wildman–Crippen MR) is 123 cm³/mol. The minimum atomic E-state index is -1.22. The van der Waals surface area contributed by atoms with Gasteiger partial charge >= 0.3 is 0 Å². The van der Waals surface area contributed by atoms with E-state index in [0.717, 1.165) is 9.91 Å². The van der Waals surface area contributed by atoms with Gasteiger partial charge in [-0.15, -0.1) is 0 Å². The van der Waals surface area contributed by atoms with Gasteiger partial charge in [0.1, 0.15) is 6.04 Å². The summed E-state index contributed by atoms with van der Waals surface area (Å²) in [7, 11) is 4.24. The van der Waals surface area contributed by atoms with Crippen LogP contribution in [0.1, 0.15) is 23.7 Å². The van der Waals surface area contributed by atoms with Crippen LogP contribution in [0.3, 0.4) is 0 Å². The Morgan fingerprint density at radius 3 is 2.18 bits per heavy atom. The van der Waals surface area contributed by atoms with E-state index in [4.69, 9.17) is 14.2 Å². The standard InChI is InChI=1S/C24H25N3O7/c1-5-9-20(28)27(17-14-21(29)26(24(17)31)16-10-7-6-8-11-16)25-23(30)15-12-18(32-2)22(34-4)19(13-15)33-3/h5-13,17H,14H2,1-4H3,(H,25,30). The number of nitrogens with zero attached hydrogens (tertiary/aromatic N) is 2. The van der Waals surface area contributed by atoms with Gasteiger partial charge in [-0.3, -0.25) is 24.6 Å². The van der Waals surface area contributed by atoms with Crippen molar-refractivity contribution in [3.8, 4) is 17.2 Å². The van der Waals surface area contributed by atoms with Crippen LogP contribution in [0.25, 0.3) is 0 Å². The Hall–Kier alpha value is -4.34. The summed E-state index contributed by atoms with van der Waals surface area (Å²) in [4.78, 5) is 52.7. The Morgan fingerprint density at radius 1 is 1.03 bits per heavy atom. The van der Waals surface area contributed by atoms with Gasteiger partial charge in [-0.1, -0.05) is 24.3 Å². The summed E-state index contributed by atoms with van der Waals surface area (Å²) in [5.41, 5.74) is 2.94. The lowest BCUT2D eigenvalue weighted by atomic mass is 10.1. The highest BCUT2D eigenvalue weighted by Crippen LogP contribution is 2.38. The van der Waals surface area contributed by atoms with E-state index < -0.39 is 29.7 Å². The average Bonchev–Trinajstić information content (AvgIpc) is 3.15. The van der Waals surface area contributed by atoms with Gasteiger partial charge in [0.2, 0.25) is 11.7 Å². The van der Waals surface area contributed by atoms with E-state index in [0.29, 0.717) is 11.4 Å². The Morgan fingerprint density at radius 2 is 1.65 bits per heavy atom. The summed E-state index contributed by atoms with van der Waals surface area (Å²) in [6.45, 7) is 1.62. The summed E-state index contributed by atoms with van der Waals surface area (Å²) in [5.74, 6) is -1.72. The third kappa shape index (κ3) is 4.70. The van der Waals surface area contributed by atoms with E-state index in [9.17, 15) is 19.2 Å². The van der Waals surface area contributed by atoms with Gasteiger partial charge in [-0.25, -0.2) is 9.91 Å². The highest BCUT2D eigenvalue weighted by molar-refractivity contribution is 6.23. The molecular weight excluding hydrogens is 442 g/mol. The number of nitrogens with one attached hydrogen (secondary N) is 1. The minimum Gasteiger partial charge on any atom is -0.493 e. The Labute approximate surface area is 196 Å². The molecule has 0 aliphatic carbocycles. The molecule has 1 unspecified atom stereocenters. The zero-order chi connectivity index (χ0) is 24.8. The summed E-state index contributed by atoms with van der Waals surface area (Å²) in [5, 5.41) is 0.870. The fourth-order valence-electron chi connectivity index (χ4n) is 3.56. The number of amides is 4. The van der Waals surface area contributed by atoms with Crippen molar-refractivity contribution in [2.24, 2.45) is 0 Å². The molecule has 1 aliphatic heterocycles. The van der Waals surface area contributed by atoms with Gasteiger partial charge in [0.05, 0.1) is 33.4 Å². The van der Waals surface area contributed by atoms with E-state index in [1.165, 1.54) is 45.6 Å². The van der Waals surface area contributed by atoms with Crippen LogP contribution in [0, 0.1) is 0 Å². The molecule has 0 radical (unpaired) electrons. The molecule has 10 heteroatoms. The lowest BCUT2D eigenvalue weighted by Gasteiger charge is -2.27. The lowest BCUT2D eigenvalue weighted by molar-refractivity contribution is -0.137. The molecule has 0 aromatic heterocycles. The molecule has 34 heavy (non-hydrogen) atoms. The summed E-state index contributed by atoms with van der Waals surface area (Å²) >= 11 is 0. The highest BCUT2D eigenvalue weighted by atomic mass is 16.5. The molecule has 1 aliphatic rings. The first kappa shape index (κ1) is 24.3. The number of allylic oxidation sites excluding steroid dienone is 1. The summed E-state index contributed by atoms with van der Waals surface area (Å²) in [6.07, 6.45) is 2.38. The Kier molecular flexibility index (Phi) is 7.52. The van der Waals surface area contributed by atoms with Crippen LogP contribution in [-0.2, 0) is 14.4 Å². The van der Waals surface area contributed by atoms with Gasteiger partial charge < -0.3 is 14.2 Å². The van der Waals surface area contributed by atoms with Gasteiger partial charge in [-0.2, -0.15) is 0 Å². The van der Waals surface area contributed by atoms with Gasteiger partial charge in [0, 0.05) is 11.6 Å². The van der Waals surface area contributed by atoms with Crippen molar-refractivity contribution in [1.82, 2.24) is 10.4 Å². The second kappa shape index (κ2) is 10.5. The molecule has 3 rings (SSSR count). The van der Waals surface area contributed by atoms with Crippen molar-refractivity contribution >= 4 is 29.3 Å². The number of carbonyl (C=O) groups excluding carboxylic acids is 4. The molecule has 178 valence electrons. The first-order chi connectivity index (χ1) is 16.4. The van der Waals surface area contributed by atoms with Gasteiger partial charge in [-0.05, 0) is 31.2 Å². The first-order valence-electron chi connectivity index (χ1n) is 10.3. The number of para-hydroxylation sites is 1. The molecule has 4 amide bonds. The number of hydrogen-bond donors (Lipinski definition) is 1. The fraction of sp³-hybridized carbons (Fsp3) is 0.250. The van der Waals surface area contributed by atoms with Crippen molar-refractivity contribution in [3.63, 3.8) is 0 Å². The molecule has 0 bridgehead atoms. The van der Waals surface area contributed by atoms with Crippen LogP contribution in [-0.4, -0.2) is 56.0 Å². The predicted octanol–water partition coefficient (Wildman–Crippen LogP) is 2.09. The molecular formula is C24H25N3O7. The number of imide groups is 1. The highest BCUT2D eigenvalue weighted by Gasteiger charge is 2.45. The van der Waals surface area contributed by atoms with Crippen LogP contribution in [0.4, 0.5) is 5.69 Å². The maximum Gasteiger partial charge on any atom is 0.270 e. The van der Waals surface area contributed by atoms with Crippen molar-refractivity contribution in [2.45, 2.75) is 19.4 Å². The molecule has 2 aromatic rings. The maximum atomic E-state index is 13.1. The number of ether oxygens (including phenoxy) is 3. The van der Waals surface area contributed by atoms with E-state index in [1.807, 2.05) is 0 Å². The number of hydrogen-bond acceptors (Lipinski definition) is 7. The average molecular weight is 467 g/mol. The number of carbonyl (C=O) groups is 4. The number of rotatable bonds is 7. The van der Waals surface area contributed by atoms with Crippen LogP contribution in [0.5, 0.6) is 17.2 Å². The molecule has 1 N–H and O–H groups in total. The van der Waals surface area contributed by atoms with Gasteiger partial charge in [0.25, 0.3) is 17.7 Å². The normalized spacial score (nSPS) is 15.4. The second-order valence-electron chi connectivity index (χ2n) is 7.19. The maximum absolute atomic E-state index is 13.1. The monoisotopic (exact) mass is 467 g/mol. The quantitative estimate of drug-likeness (QED) is 0.377. The molecule has 0 spiro atoms. The largest absolute Gasteiger partial charge is 0.493 e. The van der Waals surface area contributed by atoms with Crippen LogP contribution < -0.4 is 24.5 Å². The van der Waals surface area contributed by atoms with E-state index >= 15 is 0 Å². The third-order valence-corrected chi connectivity index (χ3v) is 5.14. The van der Waals surface area contributed by atoms with Crippen molar-refractivity contribution in [3.05, 3.63) is 60.2 Å². The number of anilines is 1. The molecule has 1 saturated heterocycles. The van der Waals surface area contributed by atoms with Gasteiger partial charge in [0.15, 0.2) is 11.5 Å². The molecule has 1 heterocycles. The SMILES string of the molecule is CC=CC(=O)N(NC(=O)c1cc(OC)c(OC)c(OC)c1)C1CC(=O)N(c2ccccc2)C1=O. The molecule has 0 saturated carbocycles. The van der Waals surface area contributed by atoms with E-state index in [1.54, 1.807) is 37.3 Å². The minimum absolute atomic E-state index is 0.0875. The van der Waals surface area contributed by atoms with E-state index in [-0.39, 0.29) is 23.5 Å². The second-order valence-corrected chi connectivity index (χ2v) is 7.19. The topological polar surface area (TPSA) is 114 Å². The molecule has 1 fully saturated rings. The number of methoxy groups -OCH3 is 3. The fourth-order valence-corrected chi connectivity index (χ4v) is 3.56. The third-order valence-electron chi connectivity index (χ3n) is 5.14. The number of benzene rings is 2. The van der Waals surface area contributed by atoms with Crippen LogP contribution in [0.15, 0.2) is 54.6 Å². The molecule has 1 atom stereocenters. The van der Waals surface area contributed by atoms with Crippen molar-refractivity contribution < 1.29 is 33.4 Å². The Balaban J connectivity index is 1.94. The smallest absolute Gasteiger partial charge is 0.270 e. The van der Waals surface area contributed by atoms with Crippen molar-refractivity contribution in [1.29, 1.82) is 0 Å². The molecule has 2 aromatic carbocycles. The zero-order valence-corrected chi connectivity index (χ0v) is 19.2. The van der Waals surface area contributed by atoms with Crippen molar-refractivity contribution in [2.75, 3.05) is 26.2 Å². The van der Waals surface area contributed by atoms with E-state index in [2.05, 4.69) is 5.43 Å². The summed E-state index contributed by atoms with van der Waals surface area (Å²) < 4.78 is 15.8. The van der Waals surface area contributed by atoms with Crippen LogP contribution in [0.2, 0.25) is 0 Å².